The van der Waals surface area contributed by atoms with Gasteiger partial charge in [-0.25, -0.2) is 4.79 Å². The molecule has 1 aromatic rings. The Kier molecular flexibility index (Phi) is 7.08. The molecule has 0 aromatic heterocycles. The summed E-state index contributed by atoms with van der Waals surface area (Å²) in [5.41, 5.74) is 0.827. The Bertz CT molecular complexity index is 1470. The highest BCUT2D eigenvalue weighted by Crippen LogP contribution is 2.56. The van der Waals surface area contributed by atoms with Crippen LogP contribution in [0.15, 0.2) is 34.8 Å². The van der Waals surface area contributed by atoms with Crippen molar-refractivity contribution < 1.29 is 44.7 Å². The first kappa shape index (κ1) is 29.5. The number of urea groups is 1. The Morgan fingerprint density at radius 1 is 1.17 bits per heavy atom. The first-order chi connectivity index (χ1) is 19.6. The first-order valence-corrected chi connectivity index (χ1v) is 13.6. The first-order valence-electron chi connectivity index (χ1n) is 13.6. The Morgan fingerprint density at radius 2 is 1.83 bits per heavy atom. The maximum atomic E-state index is 14.0. The van der Waals surface area contributed by atoms with Gasteiger partial charge in [0, 0.05) is 37.2 Å². The quantitative estimate of drug-likeness (QED) is 0.166. The van der Waals surface area contributed by atoms with Gasteiger partial charge in [-0.3, -0.25) is 19.3 Å². The number of nitrogens with two attached hydrogens (primary N) is 1. The van der Waals surface area contributed by atoms with Gasteiger partial charge in [0.05, 0.1) is 29.3 Å². The Morgan fingerprint density at radius 3 is 2.43 bits per heavy atom. The molecular formula is C28H35N5O9. The molecule has 0 bridgehead atoms. The highest BCUT2D eigenvalue weighted by Gasteiger charge is 2.67. The second kappa shape index (κ2) is 10.1. The van der Waals surface area contributed by atoms with E-state index in [9.17, 15) is 44.7 Å². The average molecular weight is 586 g/mol. The predicted octanol–water partition coefficient (Wildman–Crippen LogP) is -0.522. The van der Waals surface area contributed by atoms with Crippen LogP contribution in [0.3, 0.4) is 0 Å². The van der Waals surface area contributed by atoms with Crippen LogP contribution in [0.25, 0.3) is 0 Å². The van der Waals surface area contributed by atoms with Crippen LogP contribution >= 0.6 is 0 Å². The molecule has 42 heavy (non-hydrogen) atoms. The molecule has 1 saturated heterocycles. The number of phenolic OH excluding ortho intramolecular Hbond substituents is 1. The van der Waals surface area contributed by atoms with Crippen molar-refractivity contribution in [3.63, 3.8) is 0 Å². The van der Waals surface area contributed by atoms with Crippen molar-refractivity contribution in [1.29, 1.82) is 0 Å². The van der Waals surface area contributed by atoms with Crippen LogP contribution in [0.2, 0.25) is 0 Å². The number of nitrogens with one attached hydrogen (secondary N) is 2. The Balaban J connectivity index is 1.63. The van der Waals surface area contributed by atoms with Gasteiger partial charge in [0.15, 0.2) is 17.1 Å². The van der Waals surface area contributed by atoms with Gasteiger partial charge >= 0.3 is 6.03 Å². The summed E-state index contributed by atoms with van der Waals surface area (Å²) >= 11 is 0. The van der Waals surface area contributed by atoms with Crippen LogP contribution < -0.4 is 16.4 Å². The molecule has 14 heteroatoms. The topological polar surface area (TPSA) is 226 Å². The number of benzene rings is 1. The molecule has 0 saturated carbocycles. The molecule has 3 amide bonds. The van der Waals surface area contributed by atoms with Crippen molar-refractivity contribution in [2.24, 2.45) is 17.6 Å². The molecule has 5 rings (SSSR count). The third-order valence-electron chi connectivity index (χ3n) is 9.03. The number of rotatable bonds is 3. The molecule has 0 spiro atoms. The van der Waals surface area contributed by atoms with Crippen LogP contribution in [0.4, 0.5) is 10.5 Å². The SMILES string of the molecule is CC1CN(C(=O)Nc2ccc3c(c2O)C(=O)C2=C(O)[C@]4(O)C(=O)C(C(N)=O)=C(O)[C@@H](N(C)C)C4C(O)C2C3C)CCN1. The maximum Gasteiger partial charge on any atom is 0.322 e. The molecule has 3 aliphatic carbocycles. The molecule has 7 atom stereocenters. The van der Waals surface area contributed by atoms with Crippen LogP contribution in [0.5, 0.6) is 5.75 Å². The lowest BCUT2D eigenvalue weighted by Crippen LogP contribution is -2.68. The lowest BCUT2D eigenvalue weighted by Gasteiger charge is -2.53. The van der Waals surface area contributed by atoms with Gasteiger partial charge in [-0.1, -0.05) is 13.0 Å². The number of fused-ring (bicyclic) bond motifs is 3. The molecule has 226 valence electrons. The molecule has 14 nitrogen and oxygen atoms in total. The van der Waals surface area contributed by atoms with Gasteiger partial charge in [-0.05, 0) is 38.6 Å². The van der Waals surface area contributed by atoms with E-state index in [-0.39, 0.29) is 17.3 Å². The fourth-order valence-corrected chi connectivity index (χ4v) is 7.03. The van der Waals surface area contributed by atoms with Crippen molar-refractivity contribution in [2.45, 2.75) is 43.6 Å². The van der Waals surface area contributed by atoms with Crippen LogP contribution in [-0.4, -0.2) is 116 Å². The molecule has 1 aliphatic heterocycles. The number of anilines is 1. The molecule has 0 radical (unpaired) electrons. The van der Waals surface area contributed by atoms with Gasteiger partial charge in [0.1, 0.15) is 17.1 Å². The second-order valence-corrected chi connectivity index (χ2v) is 11.7. The summed E-state index contributed by atoms with van der Waals surface area (Å²) in [6.07, 6.45) is -1.68. The number of aliphatic hydroxyl groups excluding tert-OH is 3. The number of nitrogens with zero attached hydrogens (tertiary/aromatic N) is 2. The van der Waals surface area contributed by atoms with Crippen molar-refractivity contribution in [2.75, 3.05) is 39.0 Å². The van der Waals surface area contributed by atoms with E-state index in [2.05, 4.69) is 10.6 Å². The van der Waals surface area contributed by atoms with E-state index in [0.29, 0.717) is 25.2 Å². The standard InChI is InChI=1S/C28H35N5O9/c1-10-9-33(8-7-30-10)27(41)31-13-6-5-12-11(2)14-16(21(35)15(12)20(13)34)24(38)28(42)18(22(14)36)19(32(3)4)23(37)17(25(28)39)26(29)40/h5-6,10-11,14,18-19,22,30,34,36-38,42H,7-9H2,1-4H3,(H2,29,40)(H,31,41)/t10?,11?,14?,18?,19-,22?,28-/m0/s1. The summed E-state index contributed by atoms with van der Waals surface area (Å²) in [6.45, 7) is 4.99. The van der Waals surface area contributed by atoms with Crippen LogP contribution in [0, 0.1) is 11.8 Å². The van der Waals surface area contributed by atoms with E-state index >= 15 is 0 Å². The largest absolute Gasteiger partial charge is 0.510 e. The number of aliphatic hydroxyl groups is 4. The third-order valence-corrected chi connectivity index (χ3v) is 9.03. The molecule has 1 fully saturated rings. The second-order valence-electron chi connectivity index (χ2n) is 11.7. The van der Waals surface area contributed by atoms with Gasteiger partial charge in [0.25, 0.3) is 5.91 Å². The smallest absolute Gasteiger partial charge is 0.322 e. The van der Waals surface area contributed by atoms with Gasteiger partial charge in [-0.2, -0.15) is 0 Å². The predicted molar refractivity (Wildman–Crippen MR) is 148 cm³/mol. The maximum absolute atomic E-state index is 14.0. The van der Waals surface area contributed by atoms with Crippen molar-refractivity contribution in [3.8, 4) is 5.75 Å². The van der Waals surface area contributed by atoms with E-state index in [1.54, 1.807) is 11.8 Å². The average Bonchev–Trinajstić information content (AvgIpc) is 2.91. The lowest BCUT2D eigenvalue weighted by atomic mass is 9.55. The molecule has 4 aliphatic rings. The zero-order chi connectivity index (χ0) is 31.0. The summed E-state index contributed by atoms with van der Waals surface area (Å²) in [5, 5.41) is 62.8. The summed E-state index contributed by atoms with van der Waals surface area (Å²) in [4.78, 5) is 55.4. The number of Topliss-reactive ketones (excluding diaryl/α,β-unsaturated/α-hetero) is 2. The summed E-state index contributed by atoms with van der Waals surface area (Å²) in [5.74, 6) is -9.77. The monoisotopic (exact) mass is 585 g/mol. The summed E-state index contributed by atoms with van der Waals surface area (Å²) in [6, 6.07) is 1.18. The number of likely N-dealkylation sites (N-methyl/N-ethyl adjacent to an activating group) is 1. The normalized spacial score (nSPS) is 32.9. The number of primary amides is 1. The number of carbonyl (C=O) groups excluding carboxylic acids is 4. The van der Waals surface area contributed by atoms with Gasteiger partial charge in [0.2, 0.25) is 5.78 Å². The molecule has 1 heterocycles. The minimum Gasteiger partial charge on any atom is -0.510 e. The van der Waals surface area contributed by atoms with E-state index in [4.69, 9.17) is 5.73 Å². The number of carbonyl (C=O) groups is 4. The summed E-state index contributed by atoms with van der Waals surface area (Å²) in [7, 11) is 2.94. The van der Waals surface area contributed by atoms with Crippen molar-refractivity contribution >= 4 is 29.2 Å². The van der Waals surface area contributed by atoms with Gasteiger partial charge < -0.3 is 46.8 Å². The van der Waals surface area contributed by atoms with Crippen molar-refractivity contribution in [3.05, 3.63) is 45.9 Å². The molecule has 1 aromatic carbocycles. The minimum atomic E-state index is -3.00. The summed E-state index contributed by atoms with van der Waals surface area (Å²) < 4.78 is 0. The number of amides is 3. The highest BCUT2D eigenvalue weighted by molar-refractivity contribution is 6.25. The van der Waals surface area contributed by atoms with E-state index in [0.717, 1.165) is 0 Å². The zero-order valence-electron chi connectivity index (χ0n) is 23.6. The fourth-order valence-electron chi connectivity index (χ4n) is 7.03. The van der Waals surface area contributed by atoms with Crippen LogP contribution in [-0.2, 0) is 9.59 Å². The molecular weight excluding hydrogens is 550 g/mol. The van der Waals surface area contributed by atoms with Crippen molar-refractivity contribution in [1.82, 2.24) is 15.1 Å². The van der Waals surface area contributed by atoms with E-state index < -0.39 is 87.4 Å². The highest BCUT2D eigenvalue weighted by atomic mass is 16.4. The van der Waals surface area contributed by atoms with E-state index in [1.807, 2.05) is 6.92 Å². The molecule has 9 N–H and O–H groups in total. The van der Waals surface area contributed by atoms with E-state index in [1.165, 1.54) is 31.1 Å². The number of hydrogen-bond donors (Lipinski definition) is 8. The number of piperazine rings is 1. The van der Waals surface area contributed by atoms with Gasteiger partial charge in [-0.15, -0.1) is 0 Å². The third kappa shape index (κ3) is 4.01. The lowest BCUT2D eigenvalue weighted by molar-refractivity contribution is -0.162. The fraction of sp³-hybridized carbons (Fsp3) is 0.500. The number of ketones is 2. The number of aromatic hydroxyl groups is 1. The number of hydrogen-bond acceptors (Lipinski definition) is 11. The zero-order valence-corrected chi connectivity index (χ0v) is 23.6. The van der Waals surface area contributed by atoms with Crippen LogP contribution in [0.1, 0.15) is 35.7 Å². The Hall–Kier alpha value is -3.98. The Labute approximate surface area is 241 Å². The number of phenols is 1. The molecule has 5 unspecified atom stereocenters. The minimum absolute atomic E-state index is 0.0599.